The molecule has 0 radical (unpaired) electrons. The van der Waals surface area contributed by atoms with E-state index in [0.29, 0.717) is 11.4 Å². The fraction of sp³-hybridized carbons (Fsp3) is 0.133. The molecule has 0 aliphatic carbocycles. The Labute approximate surface area is 131 Å². The van der Waals surface area contributed by atoms with Crippen molar-refractivity contribution in [1.82, 2.24) is 0 Å². The number of hydrogen-bond acceptors (Lipinski definition) is 3. The van der Waals surface area contributed by atoms with Crippen LogP contribution in [-0.2, 0) is 0 Å². The van der Waals surface area contributed by atoms with Crippen molar-refractivity contribution >= 4 is 39.9 Å². The van der Waals surface area contributed by atoms with Gasteiger partial charge >= 0.3 is 0 Å². The van der Waals surface area contributed by atoms with Crippen molar-refractivity contribution in [2.24, 2.45) is 0 Å². The third-order valence-corrected chi connectivity index (χ3v) is 3.83. The minimum absolute atomic E-state index is 0.0397. The molecule has 0 saturated heterocycles. The molecule has 0 fully saturated rings. The summed E-state index contributed by atoms with van der Waals surface area (Å²) in [7, 11) is 0. The van der Waals surface area contributed by atoms with Crippen LogP contribution in [0.3, 0.4) is 0 Å². The predicted octanol–water partition coefficient (Wildman–Crippen LogP) is 3.45. The Hall–Kier alpha value is -1.76. The maximum Gasteiger partial charge on any atom is 0.259 e. The van der Waals surface area contributed by atoms with E-state index in [9.17, 15) is 9.90 Å². The summed E-state index contributed by atoms with van der Waals surface area (Å²) in [6.07, 6.45) is 0. The van der Waals surface area contributed by atoms with Gasteiger partial charge in [0.05, 0.1) is 5.56 Å². The van der Waals surface area contributed by atoms with Crippen LogP contribution in [0.15, 0.2) is 30.3 Å². The number of nitrogens with one attached hydrogen (secondary N) is 1. The number of rotatable bonds is 2. The average Bonchev–Trinajstić information content (AvgIpc) is 2.41. The first-order chi connectivity index (χ1) is 9.40. The normalized spacial score (nSPS) is 10.3. The molecule has 5 heteroatoms. The molecular weight excluding hydrogens is 367 g/mol. The molecule has 104 valence electrons. The quantitative estimate of drug-likeness (QED) is 0.550. The second-order valence-corrected chi connectivity index (χ2v) is 5.83. The summed E-state index contributed by atoms with van der Waals surface area (Å²) < 4.78 is 0.881. The molecule has 4 nitrogen and oxygen atoms in total. The van der Waals surface area contributed by atoms with Crippen LogP contribution in [0.2, 0.25) is 0 Å². The SMILES string of the molecule is Cc1ccc(N)c(C)c1NC(=O)c1cc(I)ccc1O. The molecule has 0 aromatic heterocycles. The first-order valence-electron chi connectivity index (χ1n) is 6.05. The van der Waals surface area contributed by atoms with Crippen LogP contribution >= 0.6 is 22.6 Å². The molecule has 1 amide bonds. The monoisotopic (exact) mass is 382 g/mol. The zero-order chi connectivity index (χ0) is 14.9. The lowest BCUT2D eigenvalue weighted by atomic mass is 10.1. The highest BCUT2D eigenvalue weighted by Gasteiger charge is 2.14. The second-order valence-electron chi connectivity index (χ2n) is 4.59. The lowest BCUT2D eigenvalue weighted by Gasteiger charge is -2.14. The van der Waals surface area contributed by atoms with Gasteiger partial charge in [-0.05, 0) is 71.8 Å². The van der Waals surface area contributed by atoms with E-state index in [1.165, 1.54) is 6.07 Å². The van der Waals surface area contributed by atoms with Gasteiger partial charge in [0.15, 0.2) is 0 Å². The summed E-state index contributed by atoms with van der Waals surface area (Å²) in [4.78, 5) is 12.3. The van der Waals surface area contributed by atoms with Crippen LogP contribution in [0, 0.1) is 17.4 Å². The molecule has 0 heterocycles. The summed E-state index contributed by atoms with van der Waals surface area (Å²) in [6.45, 7) is 3.75. The minimum atomic E-state index is -0.349. The van der Waals surface area contributed by atoms with Crippen molar-refractivity contribution in [2.75, 3.05) is 11.1 Å². The van der Waals surface area contributed by atoms with Gasteiger partial charge in [-0.25, -0.2) is 0 Å². The lowest BCUT2D eigenvalue weighted by molar-refractivity contribution is 0.102. The van der Waals surface area contributed by atoms with Crippen LogP contribution in [0.5, 0.6) is 5.75 Å². The second kappa shape index (κ2) is 5.70. The number of halogens is 1. The molecule has 0 aliphatic heterocycles. The summed E-state index contributed by atoms with van der Waals surface area (Å²) in [5.74, 6) is -0.389. The third-order valence-electron chi connectivity index (χ3n) is 3.16. The smallest absolute Gasteiger partial charge is 0.259 e. The van der Waals surface area contributed by atoms with E-state index in [2.05, 4.69) is 27.9 Å². The largest absolute Gasteiger partial charge is 0.507 e. The number of aromatic hydroxyl groups is 1. The number of benzene rings is 2. The van der Waals surface area contributed by atoms with Crippen LogP contribution in [0.4, 0.5) is 11.4 Å². The summed E-state index contributed by atoms with van der Waals surface area (Å²) in [6, 6.07) is 8.55. The molecule has 0 atom stereocenters. The summed E-state index contributed by atoms with van der Waals surface area (Å²) >= 11 is 2.09. The number of hydrogen-bond donors (Lipinski definition) is 3. The van der Waals surface area contributed by atoms with Gasteiger partial charge in [-0.15, -0.1) is 0 Å². The van der Waals surface area contributed by atoms with E-state index in [0.717, 1.165) is 14.7 Å². The van der Waals surface area contributed by atoms with Crippen molar-refractivity contribution in [2.45, 2.75) is 13.8 Å². The zero-order valence-corrected chi connectivity index (χ0v) is 13.4. The molecule has 0 bridgehead atoms. The predicted molar refractivity (Wildman–Crippen MR) is 89.1 cm³/mol. The van der Waals surface area contributed by atoms with Gasteiger partial charge < -0.3 is 16.2 Å². The lowest BCUT2D eigenvalue weighted by Crippen LogP contribution is -2.14. The van der Waals surface area contributed by atoms with Gasteiger partial charge in [-0.2, -0.15) is 0 Å². The van der Waals surface area contributed by atoms with Crippen molar-refractivity contribution in [3.63, 3.8) is 0 Å². The van der Waals surface area contributed by atoms with Gasteiger partial charge in [0, 0.05) is 14.9 Å². The molecular formula is C15H15IN2O2. The number of aryl methyl sites for hydroxylation is 1. The van der Waals surface area contributed by atoms with Crippen molar-refractivity contribution < 1.29 is 9.90 Å². The fourth-order valence-corrected chi connectivity index (χ4v) is 2.42. The number of carbonyl (C=O) groups is 1. The topological polar surface area (TPSA) is 75.3 Å². The zero-order valence-electron chi connectivity index (χ0n) is 11.2. The Kier molecular flexibility index (Phi) is 4.17. The summed E-state index contributed by atoms with van der Waals surface area (Å²) in [5.41, 5.74) is 9.16. The number of anilines is 2. The minimum Gasteiger partial charge on any atom is -0.507 e. The van der Waals surface area contributed by atoms with Gasteiger partial charge in [0.2, 0.25) is 0 Å². The highest BCUT2D eigenvalue weighted by atomic mass is 127. The maximum atomic E-state index is 12.3. The first kappa shape index (κ1) is 14.6. The molecule has 0 saturated carbocycles. The highest BCUT2D eigenvalue weighted by molar-refractivity contribution is 14.1. The van der Waals surface area contributed by atoms with Gasteiger partial charge in [-0.1, -0.05) is 6.07 Å². The van der Waals surface area contributed by atoms with Crippen LogP contribution in [0.25, 0.3) is 0 Å². The van der Waals surface area contributed by atoms with Crippen LogP contribution < -0.4 is 11.1 Å². The summed E-state index contributed by atoms with van der Waals surface area (Å²) in [5, 5.41) is 12.6. The standard InChI is InChI=1S/C15H15IN2O2/c1-8-3-5-12(17)9(2)14(8)18-15(20)11-7-10(16)4-6-13(11)19/h3-7,19H,17H2,1-2H3,(H,18,20). The Morgan fingerprint density at radius 3 is 2.65 bits per heavy atom. The molecule has 2 aromatic rings. The Balaban J connectivity index is 2.38. The van der Waals surface area contributed by atoms with Crippen LogP contribution in [-0.4, -0.2) is 11.0 Å². The number of phenolic OH excluding ortho intramolecular Hbond substituents is 1. The Morgan fingerprint density at radius 2 is 1.95 bits per heavy atom. The number of nitrogen functional groups attached to an aromatic ring is 1. The fourth-order valence-electron chi connectivity index (χ4n) is 1.93. The van der Waals surface area contributed by atoms with E-state index in [-0.39, 0.29) is 17.2 Å². The molecule has 2 aromatic carbocycles. The van der Waals surface area contributed by atoms with Gasteiger partial charge in [0.1, 0.15) is 5.75 Å². The Morgan fingerprint density at radius 1 is 1.25 bits per heavy atom. The van der Waals surface area contributed by atoms with E-state index >= 15 is 0 Å². The first-order valence-corrected chi connectivity index (χ1v) is 7.13. The van der Waals surface area contributed by atoms with E-state index in [1.54, 1.807) is 12.1 Å². The average molecular weight is 382 g/mol. The van der Waals surface area contributed by atoms with Crippen molar-refractivity contribution in [3.05, 3.63) is 50.6 Å². The van der Waals surface area contributed by atoms with Crippen LogP contribution in [0.1, 0.15) is 21.5 Å². The third kappa shape index (κ3) is 2.87. The number of carbonyl (C=O) groups excluding carboxylic acids is 1. The van der Waals surface area contributed by atoms with Crippen molar-refractivity contribution in [3.8, 4) is 5.75 Å². The van der Waals surface area contributed by atoms with Gasteiger partial charge in [-0.3, -0.25) is 4.79 Å². The van der Waals surface area contributed by atoms with E-state index < -0.39 is 0 Å². The Bertz CT molecular complexity index is 684. The van der Waals surface area contributed by atoms with E-state index in [4.69, 9.17) is 5.73 Å². The molecule has 0 unspecified atom stereocenters. The van der Waals surface area contributed by atoms with Crippen molar-refractivity contribution in [1.29, 1.82) is 0 Å². The molecule has 0 spiro atoms. The number of amides is 1. The number of nitrogens with two attached hydrogens (primary N) is 1. The molecule has 0 aliphatic rings. The van der Waals surface area contributed by atoms with E-state index in [1.807, 2.05) is 26.0 Å². The number of phenols is 1. The molecule has 4 N–H and O–H groups in total. The van der Waals surface area contributed by atoms with Gasteiger partial charge in [0.25, 0.3) is 5.91 Å². The highest BCUT2D eigenvalue weighted by Crippen LogP contribution is 2.27. The maximum absolute atomic E-state index is 12.3. The molecule has 20 heavy (non-hydrogen) atoms. The molecule has 2 rings (SSSR count).